The third kappa shape index (κ3) is 5.02. The molecule has 0 aliphatic carbocycles. The number of aliphatic hydroxyl groups is 1. The summed E-state index contributed by atoms with van der Waals surface area (Å²) in [6, 6.07) is 8.90. The molecule has 172 valence electrons. The molecule has 0 fully saturated rings. The van der Waals surface area contributed by atoms with Crippen molar-refractivity contribution >= 4 is 11.8 Å². The van der Waals surface area contributed by atoms with Crippen LogP contribution >= 0.6 is 0 Å². The van der Waals surface area contributed by atoms with Crippen molar-refractivity contribution < 1.29 is 24.2 Å². The summed E-state index contributed by atoms with van der Waals surface area (Å²) < 4.78 is 11.5. The van der Waals surface area contributed by atoms with Crippen molar-refractivity contribution in [2.24, 2.45) is 5.92 Å². The highest BCUT2D eigenvalue weighted by Crippen LogP contribution is 2.31. The molecular formula is C24H31N3O5. The summed E-state index contributed by atoms with van der Waals surface area (Å²) in [4.78, 5) is 33.0. The highest BCUT2D eigenvalue weighted by Gasteiger charge is 2.34. The Balaban J connectivity index is 2.06. The molecule has 1 aromatic carbocycles. The van der Waals surface area contributed by atoms with Gasteiger partial charge in [0.25, 0.3) is 5.91 Å². The van der Waals surface area contributed by atoms with E-state index in [2.05, 4.69) is 4.98 Å². The number of hydrogen-bond acceptors (Lipinski definition) is 6. The molecule has 8 heteroatoms. The van der Waals surface area contributed by atoms with Crippen molar-refractivity contribution in [2.75, 3.05) is 33.9 Å². The van der Waals surface area contributed by atoms with Crippen molar-refractivity contribution in [3.05, 3.63) is 42.1 Å². The van der Waals surface area contributed by atoms with Crippen LogP contribution in [0.1, 0.15) is 31.1 Å². The van der Waals surface area contributed by atoms with Gasteiger partial charge in [0.15, 0.2) is 0 Å². The van der Waals surface area contributed by atoms with Gasteiger partial charge in [-0.05, 0) is 30.7 Å². The lowest BCUT2D eigenvalue weighted by atomic mass is 9.99. The van der Waals surface area contributed by atoms with Crippen LogP contribution in [-0.4, -0.2) is 77.7 Å². The maximum atomic E-state index is 13.5. The zero-order valence-electron chi connectivity index (χ0n) is 19.2. The number of benzene rings is 1. The molecule has 3 rings (SSSR count). The lowest BCUT2D eigenvalue weighted by Crippen LogP contribution is -2.50. The number of methoxy groups -OCH3 is 1. The predicted octanol–water partition coefficient (Wildman–Crippen LogP) is 2.46. The fourth-order valence-corrected chi connectivity index (χ4v) is 3.68. The maximum absolute atomic E-state index is 13.5. The number of carbonyl (C=O) groups excluding carboxylic acids is 2. The Hall–Kier alpha value is -3.13. The molecular weight excluding hydrogens is 410 g/mol. The topological polar surface area (TPSA) is 92.2 Å². The Morgan fingerprint density at radius 3 is 2.78 bits per heavy atom. The van der Waals surface area contributed by atoms with E-state index < -0.39 is 0 Å². The molecule has 0 saturated carbocycles. The van der Waals surface area contributed by atoms with Crippen LogP contribution in [0.4, 0.5) is 0 Å². The van der Waals surface area contributed by atoms with E-state index in [0.717, 1.165) is 11.1 Å². The molecule has 8 nitrogen and oxygen atoms in total. The third-order valence-corrected chi connectivity index (χ3v) is 5.92. The molecule has 1 aromatic heterocycles. The second-order valence-corrected chi connectivity index (χ2v) is 8.33. The lowest BCUT2D eigenvalue weighted by molar-refractivity contribution is -0.129. The van der Waals surface area contributed by atoms with Crippen molar-refractivity contribution in [3.63, 3.8) is 0 Å². The van der Waals surface area contributed by atoms with E-state index in [1.54, 1.807) is 36.2 Å². The molecule has 0 saturated heterocycles. The lowest BCUT2D eigenvalue weighted by Gasteiger charge is -2.37. The number of ether oxygens (including phenoxy) is 2. The Kier molecular flexibility index (Phi) is 7.35. The first-order chi connectivity index (χ1) is 15.2. The van der Waals surface area contributed by atoms with Crippen molar-refractivity contribution in [1.82, 2.24) is 14.8 Å². The Bertz CT molecular complexity index is 980. The van der Waals surface area contributed by atoms with Crippen LogP contribution in [0.2, 0.25) is 0 Å². The van der Waals surface area contributed by atoms with Gasteiger partial charge >= 0.3 is 0 Å². The highest BCUT2D eigenvalue weighted by atomic mass is 16.5. The van der Waals surface area contributed by atoms with Crippen LogP contribution in [0.3, 0.4) is 0 Å². The second-order valence-electron chi connectivity index (χ2n) is 8.33. The number of nitrogens with zero attached hydrogens (tertiary/aromatic N) is 3. The molecule has 0 unspecified atom stereocenters. The summed E-state index contributed by atoms with van der Waals surface area (Å²) in [6.45, 7) is 5.88. The molecule has 2 heterocycles. The Morgan fingerprint density at radius 2 is 2.12 bits per heavy atom. The van der Waals surface area contributed by atoms with E-state index in [1.165, 1.54) is 6.92 Å². The number of likely N-dealkylation sites (N-methyl/N-ethyl adjacent to an activating group) is 1. The number of pyridine rings is 1. The number of amides is 2. The monoisotopic (exact) mass is 441 g/mol. The SMILES string of the molecule is COc1cccc(-c2cnc3c(c2)C(=O)N([C@H](C)CO)C[C@@H](C)[C@@H](CN(C)C(C)=O)O3)c1. The molecule has 3 atom stereocenters. The van der Waals surface area contributed by atoms with Gasteiger partial charge in [-0.25, -0.2) is 4.98 Å². The molecule has 2 aromatic rings. The van der Waals surface area contributed by atoms with Gasteiger partial charge in [-0.15, -0.1) is 0 Å². The quantitative estimate of drug-likeness (QED) is 0.740. The van der Waals surface area contributed by atoms with E-state index in [9.17, 15) is 14.7 Å². The minimum absolute atomic E-state index is 0.0685. The number of aromatic nitrogens is 1. The number of hydrogen-bond donors (Lipinski definition) is 1. The predicted molar refractivity (Wildman–Crippen MR) is 121 cm³/mol. The average molecular weight is 442 g/mol. The number of aliphatic hydroxyl groups excluding tert-OH is 1. The number of fused-ring (bicyclic) bond motifs is 1. The smallest absolute Gasteiger partial charge is 0.259 e. The summed E-state index contributed by atoms with van der Waals surface area (Å²) in [6.07, 6.45) is 1.30. The molecule has 2 amide bonds. The van der Waals surface area contributed by atoms with Gasteiger partial charge in [0.1, 0.15) is 17.4 Å². The third-order valence-electron chi connectivity index (χ3n) is 5.92. The van der Waals surface area contributed by atoms with Crippen LogP contribution in [0, 0.1) is 5.92 Å². The van der Waals surface area contributed by atoms with Crippen LogP contribution in [0.25, 0.3) is 11.1 Å². The van der Waals surface area contributed by atoms with E-state index in [0.29, 0.717) is 24.4 Å². The fourth-order valence-electron chi connectivity index (χ4n) is 3.68. The second kappa shape index (κ2) is 9.99. The van der Waals surface area contributed by atoms with Crippen molar-refractivity contribution in [2.45, 2.75) is 32.9 Å². The molecule has 32 heavy (non-hydrogen) atoms. The first-order valence-corrected chi connectivity index (χ1v) is 10.7. The maximum Gasteiger partial charge on any atom is 0.259 e. The van der Waals surface area contributed by atoms with Gasteiger partial charge in [0, 0.05) is 38.2 Å². The zero-order chi connectivity index (χ0) is 23.4. The molecule has 0 spiro atoms. The number of rotatable bonds is 6. The fraction of sp³-hybridized carbons (Fsp3) is 0.458. The molecule has 1 aliphatic rings. The first-order valence-electron chi connectivity index (χ1n) is 10.7. The molecule has 0 bridgehead atoms. The van der Waals surface area contributed by atoms with Gasteiger partial charge < -0.3 is 24.4 Å². The zero-order valence-corrected chi connectivity index (χ0v) is 19.2. The van der Waals surface area contributed by atoms with Gasteiger partial charge in [0.05, 0.1) is 26.3 Å². The normalized spacial score (nSPS) is 19.3. The van der Waals surface area contributed by atoms with Crippen LogP contribution in [-0.2, 0) is 4.79 Å². The molecule has 1 aliphatic heterocycles. The van der Waals surface area contributed by atoms with Crippen LogP contribution in [0.5, 0.6) is 11.6 Å². The number of carbonyl (C=O) groups is 2. The minimum atomic E-state index is -0.373. The summed E-state index contributed by atoms with van der Waals surface area (Å²) in [7, 11) is 3.32. The van der Waals surface area contributed by atoms with E-state index >= 15 is 0 Å². The van der Waals surface area contributed by atoms with Gasteiger partial charge in [-0.3, -0.25) is 9.59 Å². The van der Waals surface area contributed by atoms with Crippen LogP contribution in [0.15, 0.2) is 36.5 Å². The summed E-state index contributed by atoms with van der Waals surface area (Å²) in [5.41, 5.74) is 1.94. The average Bonchev–Trinajstić information content (AvgIpc) is 2.80. The van der Waals surface area contributed by atoms with Crippen molar-refractivity contribution in [3.8, 4) is 22.8 Å². The van der Waals surface area contributed by atoms with E-state index in [-0.39, 0.29) is 42.4 Å². The van der Waals surface area contributed by atoms with E-state index in [4.69, 9.17) is 9.47 Å². The van der Waals surface area contributed by atoms with Gasteiger partial charge in [-0.2, -0.15) is 0 Å². The summed E-state index contributed by atoms with van der Waals surface area (Å²) >= 11 is 0. The summed E-state index contributed by atoms with van der Waals surface area (Å²) in [5.74, 6) is 0.534. The van der Waals surface area contributed by atoms with Gasteiger partial charge in [0.2, 0.25) is 11.8 Å². The first kappa shape index (κ1) is 23.5. The standard InChI is InChI=1S/C24H31N3O5/c1-15-12-27(16(2)14-28)24(30)21-10-19(18-7-6-8-20(9-18)31-5)11-25-23(21)32-22(15)13-26(4)17(3)29/h6-11,15-16,22,28H,12-14H2,1-5H3/t15-,16-,22-/m1/s1. The van der Waals surface area contributed by atoms with Gasteiger partial charge in [-0.1, -0.05) is 19.1 Å². The summed E-state index contributed by atoms with van der Waals surface area (Å²) in [5, 5.41) is 9.77. The molecule has 0 radical (unpaired) electrons. The van der Waals surface area contributed by atoms with E-state index in [1.807, 2.05) is 38.1 Å². The minimum Gasteiger partial charge on any atom is -0.497 e. The largest absolute Gasteiger partial charge is 0.497 e. The Labute approximate surface area is 188 Å². The molecule has 1 N–H and O–H groups in total. The van der Waals surface area contributed by atoms with Crippen molar-refractivity contribution in [1.29, 1.82) is 0 Å². The Morgan fingerprint density at radius 1 is 1.38 bits per heavy atom. The van der Waals surface area contributed by atoms with Crippen LogP contribution < -0.4 is 9.47 Å². The highest BCUT2D eigenvalue weighted by molar-refractivity contribution is 5.98.